The number of nitrogens with one attached hydrogen (secondary N) is 1. The first-order chi connectivity index (χ1) is 9.59. The van der Waals surface area contributed by atoms with E-state index in [-0.39, 0.29) is 17.7 Å². The van der Waals surface area contributed by atoms with E-state index in [1.807, 2.05) is 18.2 Å². The molecule has 0 bridgehead atoms. The second-order valence-electron chi connectivity index (χ2n) is 5.27. The summed E-state index contributed by atoms with van der Waals surface area (Å²) in [6.07, 6.45) is 2.45. The van der Waals surface area contributed by atoms with Gasteiger partial charge in [0.15, 0.2) is 0 Å². The lowest BCUT2D eigenvalue weighted by Crippen LogP contribution is -2.38. The molecule has 1 aliphatic rings. The van der Waals surface area contributed by atoms with Gasteiger partial charge in [0.2, 0.25) is 5.91 Å². The Morgan fingerprint density at radius 2 is 2.00 bits per heavy atom. The number of nitrogens with two attached hydrogens (primary N) is 1. The summed E-state index contributed by atoms with van der Waals surface area (Å²) in [5, 5.41) is 11.9. The predicted octanol–water partition coefficient (Wildman–Crippen LogP) is 1.30. The van der Waals surface area contributed by atoms with Crippen molar-refractivity contribution < 1.29 is 14.7 Å². The summed E-state index contributed by atoms with van der Waals surface area (Å²) in [6.45, 7) is 0.385. The molecule has 108 valence electrons. The Kier molecular flexibility index (Phi) is 4.74. The summed E-state index contributed by atoms with van der Waals surface area (Å²) < 4.78 is 0. The average molecular weight is 276 g/mol. The molecule has 3 unspecified atom stereocenters. The van der Waals surface area contributed by atoms with Crippen LogP contribution in [0.5, 0.6) is 0 Å². The third-order valence-corrected chi connectivity index (χ3v) is 3.96. The van der Waals surface area contributed by atoms with Gasteiger partial charge in [0.05, 0.1) is 5.92 Å². The summed E-state index contributed by atoms with van der Waals surface area (Å²) in [5.41, 5.74) is 6.65. The van der Waals surface area contributed by atoms with Gasteiger partial charge in [-0.05, 0) is 24.3 Å². The Morgan fingerprint density at radius 3 is 2.65 bits per heavy atom. The van der Waals surface area contributed by atoms with Gasteiger partial charge in [-0.1, -0.05) is 36.8 Å². The Balaban J connectivity index is 1.87. The summed E-state index contributed by atoms with van der Waals surface area (Å²) in [4.78, 5) is 23.1. The summed E-state index contributed by atoms with van der Waals surface area (Å²) in [5.74, 6) is -1.36. The zero-order chi connectivity index (χ0) is 14.5. The van der Waals surface area contributed by atoms with Crippen molar-refractivity contribution in [1.82, 2.24) is 5.32 Å². The predicted molar refractivity (Wildman–Crippen MR) is 74.8 cm³/mol. The van der Waals surface area contributed by atoms with Gasteiger partial charge in [0.25, 0.3) is 0 Å². The largest absolute Gasteiger partial charge is 0.481 e. The second-order valence-corrected chi connectivity index (χ2v) is 5.27. The van der Waals surface area contributed by atoms with E-state index in [1.165, 1.54) is 0 Å². The highest BCUT2D eigenvalue weighted by molar-refractivity contribution is 5.83. The van der Waals surface area contributed by atoms with E-state index in [1.54, 1.807) is 12.1 Å². The second kappa shape index (κ2) is 6.52. The normalized spacial score (nSPS) is 23.2. The van der Waals surface area contributed by atoms with Crippen molar-refractivity contribution >= 4 is 11.9 Å². The number of aliphatic carboxylic acids is 1. The molecule has 0 aromatic heterocycles. The van der Waals surface area contributed by atoms with Crippen LogP contribution < -0.4 is 11.1 Å². The molecule has 0 radical (unpaired) electrons. The Morgan fingerprint density at radius 1 is 1.30 bits per heavy atom. The SMILES string of the molecule is NC(C(=O)NCC1CCCC1C(=O)O)c1ccccc1. The van der Waals surface area contributed by atoms with E-state index in [0.717, 1.165) is 18.4 Å². The molecule has 0 aliphatic heterocycles. The van der Waals surface area contributed by atoms with Crippen molar-refractivity contribution in [1.29, 1.82) is 0 Å². The fourth-order valence-corrected chi connectivity index (χ4v) is 2.76. The molecule has 1 fully saturated rings. The van der Waals surface area contributed by atoms with Crippen molar-refractivity contribution in [3.63, 3.8) is 0 Å². The molecule has 0 saturated heterocycles. The first-order valence-corrected chi connectivity index (χ1v) is 6.90. The van der Waals surface area contributed by atoms with E-state index in [2.05, 4.69) is 5.32 Å². The molecule has 4 N–H and O–H groups in total. The minimum atomic E-state index is -0.769. The minimum Gasteiger partial charge on any atom is -0.481 e. The number of carbonyl (C=O) groups is 2. The van der Waals surface area contributed by atoms with Crippen LogP contribution in [-0.4, -0.2) is 23.5 Å². The Bertz CT molecular complexity index is 475. The third kappa shape index (κ3) is 3.36. The molecule has 1 aromatic carbocycles. The minimum absolute atomic E-state index is 0.0134. The van der Waals surface area contributed by atoms with E-state index < -0.39 is 12.0 Å². The molecule has 5 nitrogen and oxygen atoms in total. The maximum atomic E-state index is 12.0. The highest BCUT2D eigenvalue weighted by atomic mass is 16.4. The first-order valence-electron chi connectivity index (χ1n) is 6.90. The number of hydrogen-bond acceptors (Lipinski definition) is 3. The van der Waals surface area contributed by atoms with Crippen LogP contribution in [-0.2, 0) is 9.59 Å². The molecule has 1 aliphatic carbocycles. The summed E-state index contributed by atoms with van der Waals surface area (Å²) in [6, 6.07) is 8.43. The van der Waals surface area contributed by atoms with Gasteiger partial charge < -0.3 is 16.2 Å². The van der Waals surface area contributed by atoms with Crippen LogP contribution in [0.15, 0.2) is 30.3 Å². The lowest BCUT2D eigenvalue weighted by molar-refractivity contribution is -0.143. The van der Waals surface area contributed by atoms with Crippen LogP contribution in [0.4, 0.5) is 0 Å². The number of hydrogen-bond donors (Lipinski definition) is 3. The lowest BCUT2D eigenvalue weighted by atomic mass is 9.96. The standard InChI is InChI=1S/C15H20N2O3/c16-13(10-5-2-1-3-6-10)14(18)17-9-11-7-4-8-12(11)15(19)20/h1-3,5-6,11-13H,4,7-9,16H2,(H,17,18)(H,19,20). The number of carboxylic acids is 1. The molecule has 5 heteroatoms. The smallest absolute Gasteiger partial charge is 0.306 e. The van der Waals surface area contributed by atoms with Crippen LogP contribution in [0.25, 0.3) is 0 Å². The molecular formula is C15H20N2O3. The Hall–Kier alpha value is -1.88. The van der Waals surface area contributed by atoms with Gasteiger partial charge in [0.1, 0.15) is 6.04 Å². The van der Waals surface area contributed by atoms with Gasteiger partial charge in [-0.25, -0.2) is 0 Å². The lowest BCUT2D eigenvalue weighted by Gasteiger charge is -2.18. The maximum absolute atomic E-state index is 12.0. The molecule has 1 saturated carbocycles. The Labute approximate surface area is 118 Å². The van der Waals surface area contributed by atoms with Gasteiger partial charge in [-0.3, -0.25) is 9.59 Å². The number of rotatable bonds is 5. The van der Waals surface area contributed by atoms with Gasteiger partial charge in [0, 0.05) is 6.54 Å². The monoisotopic (exact) mass is 276 g/mol. The topological polar surface area (TPSA) is 92.4 Å². The zero-order valence-corrected chi connectivity index (χ0v) is 11.3. The van der Waals surface area contributed by atoms with Gasteiger partial charge >= 0.3 is 5.97 Å². The highest BCUT2D eigenvalue weighted by Gasteiger charge is 2.33. The average Bonchev–Trinajstić information content (AvgIpc) is 2.93. The van der Waals surface area contributed by atoms with E-state index in [4.69, 9.17) is 10.8 Å². The van der Waals surface area contributed by atoms with E-state index >= 15 is 0 Å². The first kappa shape index (κ1) is 14.5. The van der Waals surface area contributed by atoms with Crippen molar-refractivity contribution in [3.05, 3.63) is 35.9 Å². The number of carbonyl (C=O) groups excluding carboxylic acids is 1. The van der Waals surface area contributed by atoms with Crippen molar-refractivity contribution in [2.24, 2.45) is 17.6 Å². The summed E-state index contributed by atoms with van der Waals surface area (Å²) in [7, 11) is 0. The van der Waals surface area contributed by atoms with Gasteiger partial charge in [-0.2, -0.15) is 0 Å². The van der Waals surface area contributed by atoms with Crippen molar-refractivity contribution in [2.75, 3.05) is 6.54 Å². The molecule has 3 atom stereocenters. The van der Waals surface area contributed by atoms with Crippen LogP contribution in [0.2, 0.25) is 0 Å². The zero-order valence-electron chi connectivity index (χ0n) is 11.3. The van der Waals surface area contributed by atoms with Crippen molar-refractivity contribution in [2.45, 2.75) is 25.3 Å². The van der Waals surface area contributed by atoms with Gasteiger partial charge in [-0.15, -0.1) is 0 Å². The number of amides is 1. The molecule has 0 heterocycles. The fraction of sp³-hybridized carbons (Fsp3) is 0.467. The summed E-state index contributed by atoms with van der Waals surface area (Å²) >= 11 is 0. The molecule has 2 rings (SSSR count). The molecule has 20 heavy (non-hydrogen) atoms. The van der Waals surface area contributed by atoms with Crippen LogP contribution >= 0.6 is 0 Å². The third-order valence-electron chi connectivity index (χ3n) is 3.96. The van der Waals surface area contributed by atoms with E-state index in [9.17, 15) is 9.59 Å². The highest BCUT2D eigenvalue weighted by Crippen LogP contribution is 2.31. The quantitative estimate of drug-likeness (QED) is 0.756. The fourth-order valence-electron chi connectivity index (χ4n) is 2.76. The molecule has 1 amide bonds. The molecule has 1 aromatic rings. The number of carboxylic acid groups (broad SMARTS) is 1. The van der Waals surface area contributed by atoms with Crippen LogP contribution in [0.3, 0.4) is 0 Å². The van der Waals surface area contributed by atoms with Crippen LogP contribution in [0, 0.1) is 11.8 Å². The molecule has 0 spiro atoms. The van der Waals surface area contributed by atoms with Crippen LogP contribution in [0.1, 0.15) is 30.9 Å². The van der Waals surface area contributed by atoms with Crippen molar-refractivity contribution in [3.8, 4) is 0 Å². The maximum Gasteiger partial charge on any atom is 0.306 e. The molecular weight excluding hydrogens is 256 g/mol. The number of benzene rings is 1. The van der Waals surface area contributed by atoms with E-state index in [0.29, 0.717) is 13.0 Å².